The third kappa shape index (κ3) is 3.17. The SMILES string of the molecule is O=C(c1ccc(C(F)F)c(F)c1)N1CCC(c2nn[nH]n2)CC1. The molecular formula is C14H14F3N5O. The van der Waals surface area contributed by atoms with Crippen molar-refractivity contribution in [1.29, 1.82) is 0 Å². The smallest absolute Gasteiger partial charge is 0.266 e. The van der Waals surface area contributed by atoms with Crippen LogP contribution in [0.25, 0.3) is 0 Å². The molecule has 9 heteroatoms. The Labute approximate surface area is 129 Å². The van der Waals surface area contributed by atoms with E-state index in [9.17, 15) is 18.0 Å². The Morgan fingerprint density at radius 1 is 1.30 bits per heavy atom. The molecule has 1 aromatic heterocycles. The zero-order valence-electron chi connectivity index (χ0n) is 12.0. The van der Waals surface area contributed by atoms with Gasteiger partial charge >= 0.3 is 0 Å². The summed E-state index contributed by atoms with van der Waals surface area (Å²) in [5.74, 6) is -0.691. The molecule has 0 atom stereocenters. The molecule has 0 radical (unpaired) electrons. The van der Waals surface area contributed by atoms with E-state index >= 15 is 0 Å². The molecule has 0 aliphatic carbocycles. The van der Waals surface area contributed by atoms with Crippen LogP contribution in [0.3, 0.4) is 0 Å². The van der Waals surface area contributed by atoms with E-state index < -0.39 is 17.8 Å². The molecule has 0 spiro atoms. The van der Waals surface area contributed by atoms with Crippen molar-refractivity contribution in [2.75, 3.05) is 13.1 Å². The highest BCUT2D eigenvalue weighted by atomic mass is 19.3. The summed E-state index contributed by atoms with van der Waals surface area (Å²) < 4.78 is 38.7. The normalized spacial score (nSPS) is 16.1. The summed E-state index contributed by atoms with van der Waals surface area (Å²) in [6.45, 7) is 0.937. The van der Waals surface area contributed by atoms with Crippen LogP contribution < -0.4 is 0 Å². The lowest BCUT2D eigenvalue weighted by Crippen LogP contribution is -2.38. The third-order valence-electron chi connectivity index (χ3n) is 3.99. The standard InChI is InChI=1S/C14H14F3N5O/c15-11-7-9(1-2-10(11)12(16)17)14(23)22-5-3-8(4-6-22)13-18-20-21-19-13/h1-2,7-8,12H,3-6H2,(H,18,19,20,21). The molecule has 2 aromatic rings. The summed E-state index contributed by atoms with van der Waals surface area (Å²) in [4.78, 5) is 13.9. The number of hydrogen-bond acceptors (Lipinski definition) is 4. The quantitative estimate of drug-likeness (QED) is 0.939. The van der Waals surface area contributed by atoms with Gasteiger partial charge in [-0.05, 0) is 31.0 Å². The summed E-state index contributed by atoms with van der Waals surface area (Å²) in [7, 11) is 0. The first-order valence-electron chi connectivity index (χ1n) is 7.16. The van der Waals surface area contributed by atoms with Gasteiger partial charge in [0, 0.05) is 24.6 Å². The summed E-state index contributed by atoms with van der Waals surface area (Å²) in [5.41, 5.74) is -0.623. The number of alkyl halides is 2. The molecule has 23 heavy (non-hydrogen) atoms. The van der Waals surface area contributed by atoms with Gasteiger partial charge in [0.1, 0.15) is 5.82 Å². The second-order valence-corrected chi connectivity index (χ2v) is 5.37. The van der Waals surface area contributed by atoms with Crippen LogP contribution in [0.2, 0.25) is 0 Å². The molecule has 1 aliphatic heterocycles. The number of hydrogen-bond donors (Lipinski definition) is 1. The molecule has 2 heterocycles. The summed E-state index contributed by atoms with van der Waals surface area (Å²) in [5, 5.41) is 13.8. The number of aromatic nitrogens is 4. The highest BCUT2D eigenvalue weighted by Gasteiger charge is 2.27. The van der Waals surface area contributed by atoms with Crippen LogP contribution in [0.1, 0.15) is 46.9 Å². The topological polar surface area (TPSA) is 74.8 Å². The van der Waals surface area contributed by atoms with Gasteiger partial charge in [-0.15, -0.1) is 10.2 Å². The minimum absolute atomic E-state index is 0.0740. The van der Waals surface area contributed by atoms with E-state index in [1.165, 1.54) is 6.07 Å². The lowest BCUT2D eigenvalue weighted by Gasteiger charge is -2.30. The maximum absolute atomic E-state index is 13.6. The third-order valence-corrected chi connectivity index (χ3v) is 3.99. The number of halogens is 3. The Hall–Kier alpha value is -2.45. The summed E-state index contributed by atoms with van der Waals surface area (Å²) in [6, 6.07) is 3.06. The maximum atomic E-state index is 13.6. The van der Waals surface area contributed by atoms with Gasteiger partial charge in [0.05, 0.1) is 5.56 Å². The van der Waals surface area contributed by atoms with E-state index in [4.69, 9.17) is 0 Å². The van der Waals surface area contributed by atoms with E-state index in [0.29, 0.717) is 31.8 Å². The van der Waals surface area contributed by atoms with Crippen molar-refractivity contribution in [3.05, 3.63) is 41.0 Å². The van der Waals surface area contributed by atoms with Gasteiger partial charge in [-0.1, -0.05) is 5.21 Å². The van der Waals surface area contributed by atoms with Gasteiger partial charge in [-0.3, -0.25) is 4.79 Å². The lowest BCUT2D eigenvalue weighted by atomic mass is 9.95. The molecule has 0 bridgehead atoms. The van der Waals surface area contributed by atoms with Crippen LogP contribution in [0, 0.1) is 5.82 Å². The maximum Gasteiger partial charge on any atom is 0.266 e. The first kappa shape index (κ1) is 15.4. The first-order chi connectivity index (χ1) is 11.1. The van der Waals surface area contributed by atoms with E-state index in [2.05, 4.69) is 20.6 Å². The number of nitrogens with zero attached hydrogens (tertiary/aromatic N) is 4. The largest absolute Gasteiger partial charge is 0.339 e. The number of carbonyl (C=O) groups is 1. The minimum atomic E-state index is -2.90. The molecule has 1 fully saturated rings. The van der Waals surface area contributed by atoms with Crippen LogP contribution in [0.4, 0.5) is 13.2 Å². The number of carbonyl (C=O) groups excluding carboxylic acids is 1. The number of tetrazole rings is 1. The fraction of sp³-hybridized carbons (Fsp3) is 0.429. The molecule has 0 unspecified atom stereocenters. The number of piperidine rings is 1. The predicted octanol–water partition coefficient (Wildman–Crippen LogP) is 2.30. The monoisotopic (exact) mass is 325 g/mol. The molecule has 1 aromatic carbocycles. The minimum Gasteiger partial charge on any atom is -0.339 e. The Morgan fingerprint density at radius 3 is 2.61 bits per heavy atom. The Bertz CT molecular complexity index is 684. The number of rotatable bonds is 3. The molecule has 1 aliphatic rings. The summed E-state index contributed by atoms with van der Waals surface area (Å²) >= 11 is 0. The van der Waals surface area contributed by atoms with E-state index in [1.54, 1.807) is 4.90 Å². The van der Waals surface area contributed by atoms with Crippen LogP contribution in [-0.4, -0.2) is 44.5 Å². The second kappa shape index (κ2) is 6.35. The first-order valence-corrected chi connectivity index (χ1v) is 7.16. The Morgan fingerprint density at radius 2 is 2.04 bits per heavy atom. The highest BCUT2D eigenvalue weighted by Crippen LogP contribution is 2.27. The number of nitrogens with one attached hydrogen (secondary N) is 1. The fourth-order valence-corrected chi connectivity index (χ4v) is 2.70. The van der Waals surface area contributed by atoms with Crippen molar-refractivity contribution in [1.82, 2.24) is 25.5 Å². The van der Waals surface area contributed by atoms with Crippen LogP contribution in [0.15, 0.2) is 18.2 Å². The van der Waals surface area contributed by atoms with Crippen molar-refractivity contribution in [3.63, 3.8) is 0 Å². The molecule has 1 saturated heterocycles. The molecule has 1 N–H and O–H groups in total. The van der Waals surface area contributed by atoms with Crippen molar-refractivity contribution >= 4 is 5.91 Å². The number of H-pyrrole nitrogens is 1. The average molecular weight is 325 g/mol. The van der Waals surface area contributed by atoms with Gasteiger partial charge < -0.3 is 4.90 Å². The zero-order chi connectivity index (χ0) is 16.4. The summed E-state index contributed by atoms with van der Waals surface area (Å²) in [6.07, 6.45) is -1.56. The number of aromatic amines is 1. The molecular weight excluding hydrogens is 311 g/mol. The van der Waals surface area contributed by atoms with Crippen molar-refractivity contribution in [2.24, 2.45) is 0 Å². The molecule has 0 saturated carbocycles. The second-order valence-electron chi connectivity index (χ2n) is 5.37. The molecule has 122 valence electrons. The Kier molecular flexibility index (Phi) is 4.26. The molecule has 6 nitrogen and oxygen atoms in total. The fourth-order valence-electron chi connectivity index (χ4n) is 2.70. The number of amides is 1. The van der Waals surface area contributed by atoms with Gasteiger partial charge in [0.2, 0.25) is 0 Å². The predicted molar refractivity (Wildman–Crippen MR) is 73.4 cm³/mol. The van der Waals surface area contributed by atoms with Crippen LogP contribution in [-0.2, 0) is 0 Å². The van der Waals surface area contributed by atoms with E-state index in [0.717, 1.165) is 12.1 Å². The van der Waals surface area contributed by atoms with Crippen molar-refractivity contribution < 1.29 is 18.0 Å². The van der Waals surface area contributed by atoms with E-state index in [-0.39, 0.29) is 17.4 Å². The van der Waals surface area contributed by atoms with Crippen LogP contribution in [0.5, 0.6) is 0 Å². The van der Waals surface area contributed by atoms with Crippen LogP contribution >= 0.6 is 0 Å². The number of benzene rings is 1. The molecule has 3 rings (SSSR count). The van der Waals surface area contributed by atoms with E-state index in [1.807, 2.05) is 0 Å². The Balaban J connectivity index is 1.66. The van der Waals surface area contributed by atoms with Crippen molar-refractivity contribution in [3.8, 4) is 0 Å². The van der Waals surface area contributed by atoms with Gasteiger partial charge in [-0.25, -0.2) is 13.2 Å². The number of likely N-dealkylation sites (tertiary alicyclic amines) is 1. The lowest BCUT2D eigenvalue weighted by molar-refractivity contribution is 0.0710. The van der Waals surface area contributed by atoms with Gasteiger partial charge in [-0.2, -0.15) is 5.21 Å². The van der Waals surface area contributed by atoms with Gasteiger partial charge in [0.25, 0.3) is 12.3 Å². The molecule has 1 amide bonds. The van der Waals surface area contributed by atoms with Gasteiger partial charge in [0.15, 0.2) is 5.82 Å². The average Bonchev–Trinajstić information content (AvgIpc) is 3.08. The van der Waals surface area contributed by atoms with Crippen molar-refractivity contribution in [2.45, 2.75) is 25.2 Å². The zero-order valence-corrected chi connectivity index (χ0v) is 12.0. The highest BCUT2D eigenvalue weighted by molar-refractivity contribution is 5.94.